The Kier molecular flexibility index (Phi) is 4.11. The molecule has 0 saturated carbocycles. The molecule has 0 aliphatic carbocycles. The molecule has 2 aromatic carbocycles. The van der Waals surface area contributed by atoms with Crippen molar-refractivity contribution in [3.05, 3.63) is 69.5 Å². The van der Waals surface area contributed by atoms with Gasteiger partial charge in [-0.25, -0.2) is 13.2 Å². The predicted octanol–water partition coefficient (Wildman–Crippen LogP) is 4.19. The highest BCUT2D eigenvalue weighted by atomic mass is 19.2. The van der Waals surface area contributed by atoms with Crippen molar-refractivity contribution < 1.29 is 18.1 Å². The monoisotopic (exact) mass is 296 g/mol. The Morgan fingerprint density at radius 3 is 2.52 bits per heavy atom. The second kappa shape index (κ2) is 5.82. The van der Waals surface area contributed by atoms with Gasteiger partial charge in [-0.2, -0.15) is 0 Å². The molecule has 0 spiro atoms. The van der Waals surface area contributed by atoms with Crippen molar-refractivity contribution in [1.82, 2.24) is 0 Å². The number of nitrogens with one attached hydrogen (secondary N) is 1. The summed E-state index contributed by atoms with van der Waals surface area (Å²) in [5.74, 6) is -4.17. The van der Waals surface area contributed by atoms with E-state index in [0.717, 1.165) is 12.1 Å². The first-order valence-electron chi connectivity index (χ1n) is 6.04. The lowest BCUT2D eigenvalue weighted by molar-refractivity contribution is -0.384. The minimum Gasteiger partial charge on any atom is -0.376 e. The summed E-state index contributed by atoms with van der Waals surface area (Å²) >= 11 is 0. The van der Waals surface area contributed by atoms with Gasteiger partial charge in [0.05, 0.1) is 10.6 Å². The maximum atomic E-state index is 13.6. The molecule has 0 saturated heterocycles. The van der Waals surface area contributed by atoms with Crippen LogP contribution in [0.1, 0.15) is 18.5 Å². The molecule has 21 heavy (non-hydrogen) atoms. The van der Waals surface area contributed by atoms with E-state index in [1.807, 2.05) is 0 Å². The third-order valence-corrected chi connectivity index (χ3v) is 2.99. The number of anilines is 1. The molecule has 0 fully saturated rings. The van der Waals surface area contributed by atoms with Crippen molar-refractivity contribution >= 4 is 11.4 Å². The zero-order chi connectivity index (χ0) is 15.6. The maximum Gasteiger partial charge on any atom is 0.269 e. The zero-order valence-electron chi connectivity index (χ0n) is 10.9. The molecule has 1 N–H and O–H groups in total. The Morgan fingerprint density at radius 2 is 1.86 bits per heavy atom. The number of non-ortho nitro benzene ring substituents is 1. The van der Waals surface area contributed by atoms with E-state index in [0.29, 0.717) is 5.56 Å². The van der Waals surface area contributed by atoms with Gasteiger partial charge in [0.2, 0.25) is 0 Å². The summed E-state index contributed by atoms with van der Waals surface area (Å²) in [4.78, 5) is 10.2. The number of benzene rings is 2. The summed E-state index contributed by atoms with van der Waals surface area (Å²) < 4.78 is 39.5. The van der Waals surface area contributed by atoms with Gasteiger partial charge in [0.25, 0.3) is 5.69 Å². The van der Waals surface area contributed by atoms with E-state index in [-0.39, 0.29) is 11.4 Å². The normalized spacial score (nSPS) is 12.0. The molecule has 2 aromatic rings. The quantitative estimate of drug-likeness (QED) is 0.523. The molecule has 110 valence electrons. The summed E-state index contributed by atoms with van der Waals surface area (Å²) in [6.45, 7) is 1.62. The first-order chi connectivity index (χ1) is 9.90. The highest BCUT2D eigenvalue weighted by Gasteiger charge is 2.16. The van der Waals surface area contributed by atoms with Crippen molar-refractivity contribution in [3.8, 4) is 0 Å². The van der Waals surface area contributed by atoms with Crippen LogP contribution >= 0.6 is 0 Å². The van der Waals surface area contributed by atoms with E-state index in [4.69, 9.17) is 0 Å². The predicted molar refractivity (Wildman–Crippen MR) is 71.5 cm³/mol. The van der Waals surface area contributed by atoms with Gasteiger partial charge in [-0.15, -0.1) is 0 Å². The van der Waals surface area contributed by atoms with Crippen molar-refractivity contribution in [2.24, 2.45) is 0 Å². The Balaban J connectivity index is 2.26. The molecule has 0 radical (unpaired) electrons. The van der Waals surface area contributed by atoms with E-state index in [9.17, 15) is 23.3 Å². The lowest BCUT2D eigenvalue weighted by Gasteiger charge is -2.16. The molecule has 0 aliphatic rings. The van der Waals surface area contributed by atoms with Crippen LogP contribution in [0, 0.1) is 27.6 Å². The van der Waals surface area contributed by atoms with E-state index in [1.54, 1.807) is 13.0 Å². The average molecular weight is 296 g/mol. The first kappa shape index (κ1) is 14.8. The van der Waals surface area contributed by atoms with Gasteiger partial charge in [0, 0.05) is 18.2 Å². The molecule has 0 aliphatic heterocycles. The molecule has 0 bridgehead atoms. The van der Waals surface area contributed by atoms with E-state index >= 15 is 0 Å². The second-order valence-electron chi connectivity index (χ2n) is 4.44. The van der Waals surface area contributed by atoms with Crippen LogP contribution in [-0.4, -0.2) is 4.92 Å². The van der Waals surface area contributed by atoms with Crippen LogP contribution in [0.2, 0.25) is 0 Å². The fraction of sp³-hybridized carbons (Fsp3) is 0.143. The maximum absolute atomic E-state index is 13.6. The molecule has 4 nitrogen and oxygen atoms in total. The van der Waals surface area contributed by atoms with Crippen molar-refractivity contribution in [2.75, 3.05) is 5.32 Å². The lowest BCUT2D eigenvalue weighted by Crippen LogP contribution is -2.09. The Hall–Kier alpha value is -2.57. The fourth-order valence-corrected chi connectivity index (χ4v) is 1.86. The van der Waals surface area contributed by atoms with Crippen molar-refractivity contribution in [3.63, 3.8) is 0 Å². The topological polar surface area (TPSA) is 55.2 Å². The SMILES string of the molecule is CC(Nc1ccc(F)c(F)c1F)c1cccc([N+](=O)[O-])c1. The van der Waals surface area contributed by atoms with Gasteiger partial charge >= 0.3 is 0 Å². The summed E-state index contributed by atoms with van der Waals surface area (Å²) in [6.07, 6.45) is 0. The van der Waals surface area contributed by atoms with Crippen molar-refractivity contribution in [2.45, 2.75) is 13.0 Å². The van der Waals surface area contributed by atoms with E-state index < -0.39 is 28.4 Å². The van der Waals surface area contributed by atoms with Crippen LogP contribution in [0.15, 0.2) is 36.4 Å². The Bertz CT molecular complexity index is 692. The smallest absolute Gasteiger partial charge is 0.269 e. The third kappa shape index (κ3) is 3.13. The Labute approximate surface area is 118 Å². The number of nitrogens with zero attached hydrogens (tertiary/aromatic N) is 1. The van der Waals surface area contributed by atoms with Gasteiger partial charge in [-0.3, -0.25) is 10.1 Å². The molecule has 2 rings (SSSR count). The Morgan fingerprint density at radius 1 is 1.14 bits per heavy atom. The highest BCUT2D eigenvalue weighted by molar-refractivity contribution is 5.48. The molecular formula is C14H11F3N2O2. The average Bonchev–Trinajstić information content (AvgIpc) is 2.48. The van der Waals surface area contributed by atoms with Crippen LogP contribution in [-0.2, 0) is 0 Å². The molecule has 1 atom stereocenters. The standard InChI is InChI=1S/C14H11F3N2O2/c1-8(9-3-2-4-10(7-9)19(20)21)18-12-6-5-11(15)13(16)14(12)17/h2-8,18H,1H3. The third-order valence-electron chi connectivity index (χ3n) is 2.99. The van der Waals surface area contributed by atoms with Gasteiger partial charge in [0.15, 0.2) is 17.5 Å². The summed E-state index contributed by atoms with van der Waals surface area (Å²) in [5.41, 5.74) is 0.202. The number of nitro groups is 1. The van der Waals surface area contributed by atoms with Gasteiger partial charge in [0.1, 0.15) is 0 Å². The largest absolute Gasteiger partial charge is 0.376 e. The molecule has 0 amide bonds. The van der Waals surface area contributed by atoms with Gasteiger partial charge in [-0.05, 0) is 24.6 Å². The molecule has 0 aromatic heterocycles. The lowest BCUT2D eigenvalue weighted by atomic mass is 10.1. The number of nitro benzene ring substituents is 1. The van der Waals surface area contributed by atoms with Crippen LogP contribution in [0.4, 0.5) is 24.5 Å². The molecule has 0 heterocycles. The first-order valence-corrected chi connectivity index (χ1v) is 6.04. The van der Waals surface area contributed by atoms with Gasteiger partial charge in [-0.1, -0.05) is 12.1 Å². The van der Waals surface area contributed by atoms with Gasteiger partial charge < -0.3 is 5.32 Å². The number of rotatable bonds is 4. The molecule has 7 heteroatoms. The molecular weight excluding hydrogens is 285 g/mol. The molecule has 1 unspecified atom stereocenters. The minimum atomic E-state index is -1.56. The zero-order valence-corrected chi connectivity index (χ0v) is 10.9. The second-order valence-corrected chi connectivity index (χ2v) is 4.44. The number of hydrogen-bond donors (Lipinski definition) is 1. The summed E-state index contributed by atoms with van der Waals surface area (Å²) in [6, 6.07) is 7.12. The number of hydrogen-bond acceptors (Lipinski definition) is 3. The summed E-state index contributed by atoms with van der Waals surface area (Å²) in [7, 11) is 0. The van der Waals surface area contributed by atoms with E-state index in [2.05, 4.69) is 5.32 Å². The summed E-state index contributed by atoms with van der Waals surface area (Å²) in [5, 5.41) is 13.4. The minimum absolute atomic E-state index is 0.105. The highest BCUT2D eigenvalue weighted by Crippen LogP contribution is 2.26. The van der Waals surface area contributed by atoms with Crippen LogP contribution in [0.5, 0.6) is 0 Å². The van der Waals surface area contributed by atoms with E-state index in [1.165, 1.54) is 18.2 Å². The van der Waals surface area contributed by atoms with Crippen molar-refractivity contribution in [1.29, 1.82) is 0 Å². The number of halogens is 3. The fourth-order valence-electron chi connectivity index (χ4n) is 1.86. The van der Waals surface area contributed by atoms with Crippen LogP contribution in [0.25, 0.3) is 0 Å². The van der Waals surface area contributed by atoms with Crippen LogP contribution in [0.3, 0.4) is 0 Å². The van der Waals surface area contributed by atoms with Crippen LogP contribution < -0.4 is 5.32 Å².